The van der Waals surface area contributed by atoms with Crippen molar-refractivity contribution in [2.75, 3.05) is 0 Å². The fourth-order valence-corrected chi connectivity index (χ4v) is 7.34. The Morgan fingerprint density at radius 3 is 2.26 bits per heavy atom. The van der Waals surface area contributed by atoms with Crippen molar-refractivity contribution in [3.63, 3.8) is 0 Å². The molecule has 0 bridgehead atoms. The van der Waals surface area contributed by atoms with E-state index in [0.717, 1.165) is 0 Å². The Bertz CT molecular complexity index is 995. The van der Waals surface area contributed by atoms with Crippen LogP contribution in [-0.2, 0) is 23.2 Å². The van der Waals surface area contributed by atoms with E-state index in [0.29, 0.717) is 3.63 Å². The fourth-order valence-electron chi connectivity index (χ4n) is 3.49. The minimum atomic E-state index is -0.853. The molecule has 0 saturated carbocycles. The summed E-state index contributed by atoms with van der Waals surface area (Å²) in [5.41, 5.74) is 7.08. The third-order valence-corrected chi connectivity index (χ3v) is 9.36. The van der Waals surface area contributed by atoms with Gasteiger partial charge in [-0.3, -0.25) is 0 Å². The van der Waals surface area contributed by atoms with Crippen LogP contribution in [0.2, 0.25) is 0 Å². The van der Waals surface area contributed by atoms with Crippen molar-refractivity contribution in [2.24, 2.45) is 0 Å². The van der Waals surface area contributed by atoms with E-state index >= 15 is 0 Å². The van der Waals surface area contributed by atoms with Crippen LogP contribution in [0, 0.1) is 0 Å². The SMILES string of the molecule is CC1=Cc2ccccc2[CH]1[Zr][C](=CC=Cc1ccccc1)c1ccccc1. The first kappa shape index (κ1) is 18.1. The second-order valence-electron chi connectivity index (χ2n) is 6.81. The molecule has 0 radical (unpaired) electrons. The zero-order chi connectivity index (χ0) is 18.5. The second kappa shape index (κ2) is 8.63. The van der Waals surface area contributed by atoms with Crippen LogP contribution in [0.4, 0.5) is 0 Å². The number of benzene rings is 3. The molecule has 0 nitrogen and oxygen atoms in total. The molecule has 1 atom stereocenters. The van der Waals surface area contributed by atoms with Gasteiger partial charge in [0.15, 0.2) is 0 Å². The molecule has 0 spiro atoms. The summed E-state index contributed by atoms with van der Waals surface area (Å²) >= 11 is -0.853. The molecule has 1 aliphatic carbocycles. The molecule has 3 aromatic carbocycles. The summed E-state index contributed by atoms with van der Waals surface area (Å²) in [6.07, 6.45) is 9.15. The summed E-state index contributed by atoms with van der Waals surface area (Å²) in [5.74, 6) is 0. The molecule has 1 heteroatoms. The zero-order valence-corrected chi connectivity index (χ0v) is 17.9. The molecule has 0 amide bonds. The molecule has 0 aromatic heterocycles. The van der Waals surface area contributed by atoms with E-state index in [1.165, 1.54) is 27.8 Å². The van der Waals surface area contributed by atoms with Crippen LogP contribution in [0.15, 0.2) is 103 Å². The van der Waals surface area contributed by atoms with Gasteiger partial charge in [-0.25, -0.2) is 0 Å². The summed E-state index contributed by atoms with van der Waals surface area (Å²) in [6, 6.07) is 30.3. The van der Waals surface area contributed by atoms with E-state index in [4.69, 9.17) is 0 Å². The first-order valence-corrected chi connectivity index (χ1v) is 12.0. The standard InChI is InChI=1S/C16H13.C10H9.Zr/c1-3-9-15(10-4-1)13-7-8-14-16-11-5-2-6-12-16;1-8-6-9-4-2-3-5-10(9)7-8;/h1-13H;2-7H,1H3;. The molecule has 130 valence electrons. The average molecular weight is 426 g/mol. The number of fused-ring (bicyclic) bond motifs is 1. The van der Waals surface area contributed by atoms with Crippen LogP contribution >= 0.6 is 0 Å². The molecule has 1 aliphatic rings. The van der Waals surface area contributed by atoms with Crippen LogP contribution in [-0.4, -0.2) is 0 Å². The number of allylic oxidation sites excluding steroid dienone is 3. The number of hydrogen-bond acceptors (Lipinski definition) is 0. The molecular formula is C26H22Zr. The van der Waals surface area contributed by atoms with Crippen molar-refractivity contribution < 1.29 is 23.2 Å². The number of rotatable bonds is 5. The monoisotopic (exact) mass is 424 g/mol. The molecule has 3 aromatic rings. The van der Waals surface area contributed by atoms with Crippen molar-refractivity contribution in [3.8, 4) is 0 Å². The normalized spacial score (nSPS) is 16.3. The van der Waals surface area contributed by atoms with Crippen molar-refractivity contribution in [1.82, 2.24) is 0 Å². The summed E-state index contributed by atoms with van der Waals surface area (Å²) in [4.78, 5) is 0. The molecular weight excluding hydrogens is 404 g/mol. The van der Waals surface area contributed by atoms with Crippen LogP contribution in [0.5, 0.6) is 0 Å². The van der Waals surface area contributed by atoms with Gasteiger partial charge < -0.3 is 0 Å². The number of hydrogen-bond donors (Lipinski definition) is 0. The quantitative estimate of drug-likeness (QED) is 0.387. The van der Waals surface area contributed by atoms with Gasteiger partial charge in [-0.05, 0) is 0 Å². The van der Waals surface area contributed by atoms with Gasteiger partial charge >= 0.3 is 174 Å². The van der Waals surface area contributed by atoms with Gasteiger partial charge in [0.05, 0.1) is 0 Å². The van der Waals surface area contributed by atoms with Gasteiger partial charge in [0.1, 0.15) is 0 Å². The zero-order valence-electron chi connectivity index (χ0n) is 15.5. The molecule has 0 aliphatic heterocycles. The molecule has 27 heavy (non-hydrogen) atoms. The third-order valence-electron chi connectivity index (χ3n) is 4.88. The van der Waals surface area contributed by atoms with E-state index in [-0.39, 0.29) is 0 Å². The van der Waals surface area contributed by atoms with E-state index < -0.39 is 23.2 Å². The Morgan fingerprint density at radius 2 is 1.48 bits per heavy atom. The molecule has 0 fully saturated rings. The van der Waals surface area contributed by atoms with Gasteiger partial charge in [0.25, 0.3) is 0 Å². The molecule has 0 saturated heterocycles. The maximum atomic E-state index is 2.38. The van der Waals surface area contributed by atoms with Crippen molar-refractivity contribution in [3.05, 3.63) is 125 Å². The summed E-state index contributed by atoms with van der Waals surface area (Å²) in [6.45, 7) is 2.30. The van der Waals surface area contributed by atoms with Crippen LogP contribution in [0.25, 0.3) is 15.4 Å². The second-order valence-corrected chi connectivity index (χ2v) is 10.3. The fraction of sp³-hybridized carbons (Fsp3) is 0.0769. The maximum absolute atomic E-state index is 2.38. The summed E-state index contributed by atoms with van der Waals surface area (Å²) in [5, 5.41) is 0. The molecule has 4 rings (SSSR count). The first-order chi connectivity index (χ1) is 13.3. The van der Waals surface area contributed by atoms with Gasteiger partial charge in [0, 0.05) is 0 Å². The van der Waals surface area contributed by atoms with Crippen LogP contribution in [0.1, 0.15) is 32.8 Å². The predicted molar refractivity (Wildman–Crippen MR) is 113 cm³/mol. The van der Waals surface area contributed by atoms with Crippen molar-refractivity contribution in [2.45, 2.75) is 10.5 Å². The van der Waals surface area contributed by atoms with Gasteiger partial charge in [-0.2, -0.15) is 0 Å². The summed E-state index contributed by atoms with van der Waals surface area (Å²) < 4.78 is 2.17. The Morgan fingerprint density at radius 1 is 0.815 bits per heavy atom. The van der Waals surface area contributed by atoms with E-state index in [9.17, 15) is 0 Å². The van der Waals surface area contributed by atoms with Crippen LogP contribution < -0.4 is 0 Å². The van der Waals surface area contributed by atoms with E-state index in [2.05, 4.69) is 116 Å². The topological polar surface area (TPSA) is 0 Å². The molecule has 0 heterocycles. The first-order valence-electron chi connectivity index (χ1n) is 9.34. The Labute approximate surface area is 173 Å². The van der Waals surface area contributed by atoms with Gasteiger partial charge in [-0.1, -0.05) is 0 Å². The summed E-state index contributed by atoms with van der Waals surface area (Å²) in [7, 11) is 0. The Kier molecular flexibility index (Phi) is 5.80. The molecule has 0 N–H and O–H groups in total. The third kappa shape index (κ3) is 4.37. The van der Waals surface area contributed by atoms with Gasteiger partial charge in [0.2, 0.25) is 0 Å². The average Bonchev–Trinajstić information content (AvgIpc) is 3.04. The van der Waals surface area contributed by atoms with Crippen molar-refractivity contribution >= 4 is 15.4 Å². The molecule has 1 unspecified atom stereocenters. The van der Waals surface area contributed by atoms with E-state index in [1.807, 2.05) is 0 Å². The van der Waals surface area contributed by atoms with Gasteiger partial charge in [-0.15, -0.1) is 0 Å². The Balaban J connectivity index is 1.64. The van der Waals surface area contributed by atoms with E-state index in [1.54, 1.807) is 3.28 Å². The van der Waals surface area contributed by atoms with Crippen molar-refractivity contribution in [1.29, 1.82) is 0 Å². The Hall–Kier alpha value is -2.24. The predicted octanol–water partition coefficient (Wildman–Crippen LogP) is 6.98. The minimum absolute atomic E-state index is 0.626. The van der Waals surface area contributed by atoms with Crippen LogP contribution in [0.3, 0.4) is 0 Å².